The van der Waals surface area contributed by atoms with Crippen molar-refractivity contribution >= 4 is 17.9 Å². The van der Waals surface area contributed by atoms with Crippen LogP contribution in [0, 0.1) is 0 Å². The Labute approximate surface area is 502 Å². The minimum atomic E-state index is -0.799. The Bertz CT molecular complexity index is 1580. The first-order valence-corrected chi connectivity index (χ1v) is 34.7. The van der Waals surface area contributed by atoms with Crippen LogP contribution in [0.5, 0.6) is 0 Å². The molecule has 466 valence electrons. The average molecular weight is 1130 g/mol. The molecule has 0 aromatic heterocycles. The molecule has 1 unspecified atom stereocenters. The molecule has 0 aliphatic heterocycles. The molecule has 0 aromatic carbocycles. The first-order chi connectivity index (χ1) is 40.0. The number of rotatable bonds is 63. The summed E-state index contributed by atoms with van der Waals surface area (Å²) in [5.41, 5.74) is 0. The van der Waals surface area contributed by atoms with Gasteiger partial charge in [0.25, 0.3) is 0 Å². The smallest absolute Gasteiger partial charge is 0.306 e. The minimum Gasteiger partial charge on any atom is -0.462 e. The average Bonchev–Trinajstić information content (AvgIpc) is 3.47. The van der Waals surface area contributed by atoms with E-state index < -0.39 is 6.10 Å². The lowest BCUT2D eigenvalue weighted by molar-refractivity contribution is -0.167. The number of esters is 3. The maximum Gasteiger partial charge on any atom is 0.306 e. The van der Waals surface area contributed by atoms with E-state index in [4.69, 9.17) is 14.2 Å². The number of hydrogen-bond donors (Lipinski definition) is 0. The fourth-order valence-electron chi connectivity index (χ4n) is 9.90. The third kappa shape index (κ3) is 67.0. The largest absolute Gasteiger partial charge is 0.462 e. The summed E-state index contributed by atoms with van der Waals surface area (Å²) < 4.78 is 16.9. The minimum absolute atomic E-state index is 0.0916. The highest BCUT2D eigenvalue weighted by molar-refractivity contribution is 5.71. The van der Waals surface area contributed by atoms with E-state index in [0.29, 0.717) is 12.8 Å². The van der Waals surface area contributed by atoms with Crippen molar-refractivity contribution in [2.45, 2.75) is 348 Å². The van der Waals surface area contributed by atoms with Gasteiger partial charge < -0.3 is 14.2 Å². The number of carbonyl (C=O) groups is 3. The van der Waals surface area contributed by atoms with Gasteiger partial charge in [-0.1, -0.05) is 323 Å². The van der Waals surface area contributed by atoms with E-state index in [1.807, 2.05) is 0 Å². The number of carbonyl (C=O) groups excluding carboxylic acids is 3. The molecule has 0 amide bonds. The molecule has 0 aliphatic carbocycles. The Hall–Kier alpha value is -3.67. The summed E-state index contributed by atoms with van der Waals surface area (Å²) in [5.74, 6) is -0.924. The molecule has 0 aromatic rings. The van der Waals surface area contributed by atoms with Gasteiger partial charge in [-0.25, -0.2) is 0 Å². The van der Waals surface area contributed by atoms with Gasteiger partial charge >= 0.3 is 17.9 Å². The molecule has 0 spiro atoms. The van der Waals surface area contributed by atoms with Gasteiger partial charge in [-0.2, -0.15) is 0 Å². The Balaban J connectivity index is 4.24. The predicted molar refractivity (Wildman–Crippen MR) is 353 cm³/mol. The van der Waals surface area contributed by atoms with Gasteiger partial charge in [0.05, 0.1) is 0 Å². The summed E-state index contributed by atoms with van der Waals surface area (Å²) in [7, 11) is 0. The molecule has 6 heteroatoms. The SMILES string of the molecule is CC/C=C\C/C=C\C/C=C\C/C=C\C/C=C\C/C=C\C/C=C\CCCCCC(=O)OC(COC(=O)CCCCCCC/C=C\CCC)COC(=O)CCCCCCCCCCCCCCCCCCCCCCCCCCCCCC. The lowest BCUT2D eigenvalue weighted by atomic mass is 10.0. The van der Waals surface area contributed by atoms with Crippen LogP contribution in [0.15, 0.2) is 97.2 Å². The van der Waals surface area contributed by atoms with E-state index in [0.717, 1.165) is 128 Å². The highest BCUT2D eigenvalue weighted by Gasteiger charge is 2.19. The van der Waals surface area contributed by atoms with Gasteiger partial charge in [-0.15, -0.1) is 0 Å². The molecule has 0 saturated heterocycles. The van der Waals surface area contributed by atoms with E-state index >= 15 is 0 Å². The third-order valence-electron chi connectivity index (χ3n) is 15.1. The van der Waals surface area contributed by atoms with Gasteiger partial charge in [0.2, 0.25) is 0 Å². The van der Waals surface area contributed by atoms with Crippen molar-refractivity contribution in [2.24, 2.45) is 0 Å². The maximum absolute atomic E-state index is 12.9. The summed E-state index contributed by atoms with van der Waals surface area (Å²) >= 11 is 0. The summed E-state index contributed by atoms with van der Waals surface area (Å²) in [4.78, 5) is 38.3. The van der Waals surface area contributed by atoms with E-state index in [9.17, 15) is 14.4 Å². The van der Waals surface area contributed by atoms with Crippen molar-refractivity contribution in [1.29, 1.82) is 0 Å². The molecule has 0 bridgehead atoms. The summed E-state index contributed by atoms with van der Waals surface area (Å²) in [5, 5.41) is 0. The normalized spacial score (nSPS) is 12.7. The first kappa shape index (κ1) is 77.3. The molecule has 1 atom stereocenters. The van der Waals surface area contributed by atoms with Crippen LogP contribution in [0.25, 0.3) is 0 Å². The second-order valence-corrected chi connectivity index (χ2v) is 23.1. The van der Waals surface area contributed by atoms with Crippen molar-refractivity contribution in [3.63, 3.8) is 0 Å². The van der Waals surface area contributed by atoms with Crippen molar-refractivity contribution in [2.75, 3.05) is 13.2 Å². The van der Waals surface area contributed by atoms with E-state index in [1.165, 1.54) is 173 Å². The zero-order chi connectivity index (χ0) is 58.5. The zero-order valence-electron chi connectivity index (χ0n) is 53.5. The lowest BCUT2D eigenvalue weighted by Crippen LogP contribution is -2.30. The topological polar surface area (TPSA) is 78.9 Å². The van der Waals surface area contributed by atoms with E-state index in [-0.39, 0.29) is 37.5 Å². The fraction of sp³-hybridized carbons (Fsp3) is 0.747. The Kier molecular flexibility index (Phi) is 65.7. The molecular formula is C75H130O6. The number of hydrogen-bond acceptors (Lipinski definition) is 6. The van der Waals surface area contributed by atoms with Crippen LogP contribution in [0.3, 0.4) is 0 Å². The van der Waals surface area contributed by atoms with E-state index in [1.54, 1.807) is 0 Å². The molecule has 0 aliphatic rings. The van der Waals surface area contributed by atoms with Gasteiger partial charge in [0, 0.05) is 19.3 Å². The standard InChI is InChI=1S/C75H130O6/c1-4-7-10-13-16-19-22-24-26-28-30-32-34-36-37-38-40-41-43-45-47-49-51-53-56-59-62-65-68-74(77)80-71-72(70-79-73(76)67-64-61-58-55-21-18-15-12-9-6-3)81-75(78)69-66-63-60-57-54-52-50-48-46-44-42-39-35-33-31-29-27-25-23-20-17-14-11-8-5-2/h8,11-12,15,17,20,25,27,31,33,39,42,46,48,52,54,72H,4-7,9-10,13-14,16,18-19,21-24,26,28-30,32,34-38,40-41,43-45,47,49-51,53,55-71H2,1-3H3/b11-8-,15-12-,20-17-,27-25-,33-31-,42-39-,48-46-,54-52-. The molecular weight excluding hydrogens is 997 g/mol. The Morgan fingerprint density at radius 3 is 0.827 bits per heavy atom. The first-order valence-electron chi connectivity index (χ1n) is 34.7. The zero-order valence-corrected chi connectivity index (χ0v) is 53.5. The van der Waals surface area contributed by atoms with Crippen LogP contribution < -0.4 is 0 Å². The van der Waals surface area contributed by atoms with Gasteiger partial charge in [-0.05, 0) is 96.3 Å². The van der Waals surface area contributed by atoms with E-state index in [2.05, 4.69) is 118 Å². The molecule has 0 fully saturated rings. The Morgan fingerprint density at radius 1 is 0.259 bits per heavy atom. The molecule has 0 rings (SSSR count). The van der Waals surface area contributed by atoms with Crippen LogP contribution in [0.4, 0.5) is 0 Å². The monoisotopic (exact) mass is 1130 g/mol. The van der Waals surface area contributed by atoms with Crippen LogP contribution >= 0.6 is 0 Å². The maximum atomic E-state index is 12.9. The molecule has 0 heterocycles. The third-order valence-corrected chi connectivity index (χ3v) is 15.1. The van der Waals surface area contributed by atoms with Crippen molar-refractivity contribution < 1.29 is 28.6 Å². The number of ether oxygens (including phenoxy) is 3. The van der Waals surface area contributed by atoms with Crippen LogP contribution in [-0.2, 0) is 28.6 Å². The summed E-state index contributed by atoms with van der Waals surface area (Å²) in [6.07, 6.45) is 93.1. The van der Waals surface area contributed by atoms with Crippen LogP contribution in [-0.4, -0.2) is 37.2 Å². The van der Waals surface area contributed by atoms with Crippen LogP contribution in [0.1, 0.15) is 342 Å². The highest BCUT2D eigenvalue weighted by atomic mass is 16.6. The molecule has 0 saturated carbocycles. The number of allylic oxidation sites excluding steroid dienone is 16. The highest BCUT2D eigenvalue weighted by Crippen LogP contribution is 2.18. The fourth-order valence-corrected chi connectivity index (χ4v) is 9.90. The van der Waals surface area contributed by atoms with Crippen molar-refractivity contribution in [1.82, 2.24) is 0 Å². The quantitative estimate of drug-likeness (QED) is 0.0261. The van der Waals surface area contributed by atoms with Gasteiger partial charge in [0.15, 0.2) is 6.10 Å². The molecule has 6 nitrogen and oxygen atoms in total. The molecule has 0 N–H and O–H groups in total. The van der Waals surface area contributed by atoms with Gasteiger partial charge in [-0.3, -0.25) is 14.4 Å². The predicted octanol–water partition coefficient (Wildman–Crippen LogP) is 24.0. The second-order valence-electron chi connectivity index (χ2n) is 23.1. The molecule has 0 radical (unpaired) electrons. The van der Waals surface area contributed by atoms with Crippen molar-refractivity contribution in [3.8, 4) is 0 Å². The Morgan fingerprint density at radius 2 is 0.506 bits per heavy atom. The summed E-state index contributed by atoms with van der Waals surface area (Å²) in [6, 6.07) is 0. The number of unbranched alkanes of at least 4 members (excludes halogenated alkanes) is 36. The second kappa shape index (κ2) is 68.8. The van der Waals surface area contributed by atoms with Crippen molar-refractivity contribution in [3.05, 3.63) is 97.2 Å². The molecule has 81 heavy (non-hydrogen) atoms. The summed E-state index contributed by atoms with van der Waals surface area (Å²) in [6.45, 7) is 6.47. The van der Waals surface area contributed by atoms with Crippen LogP contribution in [0.2, 0.25) is 0 Å². The lowest BCUT2D eigenvalue weighted by Gasteiger charge is -2.18. The van der Waals surface area contributed by atoms with Gasteiger partial charge in [0.1, 0.15) is 13.2 Å².